The summed E-state index contributed by atoms with van der Waals surface area (Å²) in [6.07, 6.45) is 0. The molecule has 0 saturated carbocycles. The summed E-state index contributed by atoms with van der Waals surface area (Å²) in [5, 5.41) is 10.8. The van der Waals surface area contributed by atoms with Crippen LogP contribution in [-0.2, 0) is 14.3 Å². The standard InChI is InChI=1S/C11H19NO4S/c1-10(2,9(14)15)8-12-6(7(13)16-5)11(3,4)17-8/h6,8,12H,1-5H3,(H,14,15)/p+1/t6-,8+/m0/s1. The third-order valence-electron chi connectivity index (χ3n) is 3.26. The van der Waals surface area contributed by atoms with Gasteiger partial charge in [-0.05, 0) is 27.7 Å². The van der Waals surface area contributed by atoms with Crippen LogP contribution < -0.4 is 5.32 Å². The van der Waals surface area contributed by atoms with Crippen molar-refractivity contribution < 1.29 is 24.7 Å². The van der Waals surface area contributed by atoms with Crippen LogP contribution in [0.3, 0.4) is 0 Å². The lowest BCUT2D eigenvalue weighted by Crippen LogP contribution is -2.96. The minimum Gasteiger partial charge on any atom is -0.481 e. The van der Waals surface area contributed by atoms with E-state index >= 15 is 0 Å². The SMILES string of the molecule is COC(=O)[C@@H]1[NH2+][C@@H](C(C)(C)C(=O)O)SC1(C)C. The molecule has 2 atom stereocenters. The predicted molar refractivity (Wildman–Crippen MR) is 64.6 cm³/mol. The number of nitrogens with two attached hydrogens (primary N) is 1. The number of hydrogen-bond acceptors (Lipinski definition) is 4. The van der Waals surface area contributed by atoms with Crippen molar-refractivity contribution in [3.63, 3.8) is 0 Å². The highest BCUT2D eigenvalue weighted by molar-refractivity contribution is 8.01. The average Bonchev–Trinajstić information content (AvgIpc) is 2.53. The first-order chi connectivity index (χ1) is 7.63. The Hall–Kier alpha value is -0.750. The van der Waals surface area contributed by atoms with E-state index < -0.39 is 11.4 Å². The van der Waals surface area contributed by atoms with Gasteiger partial charge >= 0.3 is 11.9 Å². The molecule has 0 aromatic carbocycles. The topological polar surface area (TPSA) is 80.2 Å². The van der Waals surface area contributed by atoms with Gasteiger partial charge in [0.05, 0.1) is 11.9 Å². The van der Waals surface area contributed by atoms with Crippen LogP contribution in [0.4, 0.5) is 0 Å². The van der Waals surface area contributed by atoms with Crippen LogP contribution in [0.25, 0.3) is 0 Å². The molecule has 1 rings (SSSR count). The van der Waals surface area contributed by atoms with Crippen molar-refractivity contribution in [2.24, 2.45) is 5.41 Å². The van der Waals surface area contributed by atoms with Crippen LogP contribution in [-0.4, -0.2) is 40.3 Å². The summed E-state index contributed by atoms with van der Waals surface area (Å²) >= 11 is 1.52. The van der Waals surface area contributed by atoms with E-state index in [2.05, 4.69) is 0 Å². The first-order valence-electron chi connectivity index (χ1n) is 5.47. The second kappa shape index (κ2) is 4.49. The Bertz CT molecular complexity index is 340. The van der Waals surface area contributed by atoms with Crippen molar-refractivity contribution in [2.75, 3.05) is 7.11 Å². The van der Waals surface area contributed by atoms with Gasteiger partial charge in [0.25, 0.3) is 0 Å². The van der Waals surface area contributed by atoms with E-state index in [0.717, 1.165) is 0 Å². The maximum absolute atomic E-state index is 11.7. The maximum atomic E-state index is 11.7. The van der Waals surface area contributed by atoms with Crippen molar-refractivity contribution in [2.45, 2.75) is 43.9 Å². The van der Waals surface area contributed by atoms with Crippen molar-refractivity contribution in [1.29, 1.82) is 0 Å². The molecule has 0 unspecified atom stereocenters. The van der Waals surface area contributed by atoms with Gasteiger partial charge in [-0.25, -0.2) is 4.79 Å². The number of carboxylic acid groups (broad SMARTS) is 1. The third kappa shape index (κ3) is 2.57. The molecule has 5 nitrogen and oxygen atoms in total. The molecule has 0 aromatic heterocycles. The number of aliphatic carboxylic acids is 1. The van der Waals surface area contributed by atoms with Crippen LogP contribution in [0.5, 0.6) is 0 Å². The number of ether oxygens (including phenoxy) is 1. The zero-order valence-electron chi connectivity index (χ0n) is 10.8. The number of rotatable bonds is 3. The predicted octanol–water partition coefficient (Wildman–Crippen LogP) is 0.0537. The Morgan fingerprint density at radius 1 is 1.41 bits per heavy atom. The summed E-state index contributed by atoms with van der Waals surface area (Å²) < 4.78 is 4.43. The lowest BCUT2D eigenvalue weighted by Gasteiger charge is -2.23. The van der Waals surface area contributed by atoms with E-state index in [-0.39, 0.29) is 22.1 Å². The van der Waals surface area contributed by atoms with Gasteiger partial charge in [0.15, 0.2) is 6.04 Å². The maximum Gasteiger partial charge on any atom is 0.366 e. The van der Waals surface area contributed by atoms with Crippen molar-refractivity contribution in [3.05, 3.63) is 0 Å². The zero-order valence-corrected chi connectivity index (χ0v) is 11.6. The quantitative estimate of drug-likeness (QED) is 0.703. The highest BCUT2D eigenvalue weighted by Gasteiger charge is 2.56. The molecule has 0 aliphatic carbocycles. The summed E-state index contributed by atoms with van der Waals surface area (Å²) in [4.78, 5) is 22.9. The lowest BCUT2D eigenvalue weighted by molar-refractivity contribution is -0.693. The van der Waals surface area contributed by atoms with Crippen LogP contribution >= 0.6 is 11.8 Å². The molecule has 6 heteroatoms. The molecule has 1 saturated heterocycles. The van der Waals surface area contributed by atoms with E-state index in [9.17, 15) is 14.7 Å². The van der Waals surface area contributed by atoms with Gasteiger partial charge in [-0.3, -0.25) is 4.79 Å². The molecular weight excluding hydrogens is 242 g/mol. The van der Waals surface area contributed by atoms with Gasteiger partial charge in [0.1, 0.15) is 10.8 Å². The van der Waals surface area contributed by atoms with Gasteiger partial charge in [-0.2, -0.15) is 0 Å². The number of esters is 1. The number of quaternary nitrogens is 1. The highest BCUT2D eigenvalue weighted by Crippen LogP contribution is 2.40. The Labute approximate surface area is 105 Å². The molecule has 0 amide bonds. The Morgan fingerprint density at radius 2 is 1.94 bits per heavy atom. The molecule has 1 fully saturated rings. The zero-order chi connectivity index (χ0) is 13.4. The summed E-state index contributed by atoms with van der Waals surface area (Å²) in [6, 6.07) is -0.360. The molecule has 3 N–H and O–H groups in total. The normalized spacial score (nSPS) is 27.8. The van der Waals surface area contributed by atoms with E-state index in [4.69, 9.17) is 4.74 Å². The van der Waals surface area contributed by atoms with Crippen LogP contribution in [0, 0.1) is 5.41 Å². The summed E-state index contributed by atoms with van der Waals surface area (Å²) in [7, 11) is 1.35. The van der Waals surface area contributed by atoms with Crippen LogP contribution in [0.2, 0.25) is 0 Å². The molecule has 0 aromatic rings. The molecular formula is C11H20NO4S+. The molecule has 0 bridgehead atoms. The van der Waals surface area contributed by atoms with Gasteiger partial charge in [-0.1, -0.05) is 11.8 Å². The molecule has 1 heterocycles. The lowest BCUT2D eigenvalue weighted by atomic mass is 9.92. The van der Waals surface area contributed by atoms with Gasteiger partial charge in [-0.15, -0.1) is 0 Å². The Morgan fingerprint density at radius 3 is 2.35 bits per heavy atom. The van der Waals surface area contributed by atoms with Crippen LogP contribution in [0.1, 0.15) is 27.7 Å². The number of methoxy groups -OCH3 is 1. The summed E-state index contributed by atoms with van der Waals surface area (Å²) in [5.41, 5.74) is -0.884. The molecule has 1 aliphatic rings. The number of carbonyl (C=O) groups is 2. The Balaban J connectivity index is 2.92. The molecule has 17 heavy (non-hydrogen) atoms. The molecule has 1 aliphatic heterocycles. The average molecular weight is 262 g/mol. The van der Waals surface area contributed by atoms with E-state index in [1.165, 1.54) is 18.9 Å². The van der Waals surface area contributed by atoms with E-state index in [1.807, 2.05) is 19.2 Å². The molecule has 0 radical (unpaired) electrons. The number of hydrogen-bond donors (Lipinski definition) is 2. The largest absolute Gasteiger partial charge is 0.481 e. The fourth-order valence-electron chi connectivity index (χ4n) is 1.85. The first-order valence-corrected chi connectivity index (χ1v) is 6.35. The fourth-order valence-corrected chi connectivity index (χ4v) is 3.45. The van der Waals surface area contributed by atoms with Crippen molar-refractivity contribution in [3.8, 4) is 0 Å². The van der Waals surface area contributed by atoms with Crippen LogP contribution in [0.15, 0.2) is 0 Å². The highest BCUT2D eigenvalue weighted by atomic mass is 32.2. The van der Waals surface area contributed by atoms with Gasteiger partial charge < -0.3 is 15.2 Å². The first kappa shape index (κ1) is 14.3. The monoisotopic (exact) mass is 262 g/mol. The second-order valence-electron chi connectivity index (χ2n) is 5.36. The summed E-state index contributed by atoms with van der Waals surface area (Å²) in [5.74, 6) is -1.15. The van der Waals surface area contributed by atoms with Gasteiger partial charge in [0.2, 0.25) is 0 Å². The van der Waals surface area contributed by atoms with E-state index in [0.29, 0.717) is 0 Å². The van der Waals surface area contributed by atoms with Crippen molar-refractivity contribution >= 4 is 23.7 Å². The molecule has 0 spiro atoms. The molecule has 98 valence electrons. The Kier molecular flexibility index (Phi) is 3.78. The number of thioether (sulfide) groups is 1. The minimum absolute atomic E-state index is 0.195. The minimum atomic E-state index is -0.884. The van der Waals surface area contributed by atoms with Gasteiger partial charge in [0, 0.05) is 0 Å². The number of carbonyl (C=O) groups excluding carboxylic acids is 1. The van der Waals surface area contributed by atoms with Crippen molar-refractivity contribution in [1.82, 2.24) is 0 Å². The summed E-state index contributed by atoms with van der Waals surface area (Å²) in [6.45, 7) is 7.24. The number of carboxylic acids is 1. The fraction of sp³-hybridized carbons (Fsp3) is 0.818. The second-order valence-corrected chi connectivity index (χ2v) is 7.16. The smallest absolute Gasteiger partial charge is 0.366 e. The van der Waals surface area contributed by atoms with E-state index in [1.54, 1.807) is 13.8 Å². The third-order valence-corrected chi connectivity index (χ3v) is 5.13.